The standard InChI is InChI=1S/C21H25ClF4N4O/c1-12-9-17(28-19-27-11-15(18(22)29-19)21(24,25)26)16(23)10-14(12)13-5-7-30(8-6-13)31-20(2,3)4/h9-11,13H,5-8H2,1-4H3,(H,27,28,29). The maximum Gasteiger partial charge on any atom is 0.420 e. The molecule has 0 unspecified atom stereocenters. The van der Waals surface area contributed by atoms with Gasteiger partial charge in [-0.2, -0.15) is 18.2 Å². The summed E-state index contributed by atoms with van der Waals surface area (Å²) < 4.78 is 53.2. The van der Waals surface area contributed by atoms with Gasteiger partial charge in [0.05, 0.1) is 11.3 Å². The lowest BCUT2D eigenvalue weighted by molar-refractivity contribution is -0.236. The lowest BCUT2D eigenvalue weighted by atomic mass is 9.87. The summed E-state index contributed by atoms with van der Waals surface area (Å²) >= 11 is 5.61. The van der Waals surface area contributed by atoms with Crippen LogP contribution in [0.2, 0.25) is 5.15 Å². The van der Waals surface area contributed by atoms with E-state index in [0.29, 0.717) is 6.20 Å². The van der Waals surface area contributed by atoms with E-state index in [-0.39, 0.29) is 23.2 Å². The van der Waals surface area contributed by atoms with Gasteiger partial charge >= 0.3 is 6.18 Å². The second-order valence-corrected chi connectivity index (χ2v) is 8.97. The first-order valence-electron chi connectivity index (χ1n) is 9.94. The molecule has 0 spiro atoms. The third-order valence-corrected chi connectivity index (χ3v) is 5.23. The van der Waals surface area contributed by atoms with Crippen molar-refractivity contribution in [2.75, 3.05) is 18.4 Å². The summed E-state index contributed by atoms with van der Waals surface area (Å²) in [6.07, 6.45) is -2.42. The molecule has 31 heavy (non-hydrogen) atoms. The summed E-state index contributed by atoms with van der Waals surface area (Å²) in [6, 6.07) is 3.08. The first kappa shape index (κ1) is 23.7. The molecule has 170 valence electrons. The van der Waals surface area contributed by atoms with Crippen LogP contribution in [0.5, 0.6) is 0 Å². The molecule has 1 saturated heterocycles. The van der Waals surface area contributed by atoms with Crippen LogP contribution in [0.4, 0.5) is 29.2 Å². The van der Waals surface area contributed by atoms with Gasteiger partial charge in [0.2, 0.25) is 5.95 Å². The normalized spacial score (nSPS) is 16.5. The Morgan fingerprint density at radius 1 is 1.16 bits per heavy atom. The van der Waals surface area contributed by atoms with Crippen molar-refractivity contribution in [1.29, 1.82) is 0 Å². The highest BCUT2D eigenvalue weighted by molar-refractivity contribution is 6.30. The van der Waals surface area contributed by atoms with Crippen LogP contribution >= 0.6 is 11.6 Å². The van der Waals surface area contributed by atoms with E-state index in [9.17, 15) is 17.6 Å². The Morgan fingerprint density at radius 2 is 1.81 bits per heavy atom. The maximum atomic E-state index is 14.8. The van der Waals surface area contributed by atoms with Crippen molar-refractivity contribution < 1.29 is 22.4 Å². The number of piperidine rings is 1. The minimum Gasteiger partial charge on any atom is -0.322 e. The van der Waals surface area contributed by atoms with E-state index in [1.165, 1.54) is 6.07 Å². The molecular formula is C21H25ClF4N4O. The predicted octanol–water partition coefficient (Wildman–Crippen LogP) is 6.25. The Bertz CT molecular complexity index is 938. The summed E-state index contributed by atoms with van der Waals surface area (Å²) in [5, 5.41) is 3.82. The summed E-state index contributed by atoms with van der Waals surface area (Å²) in [6.45, 7) is 9.37. The largest absolute Gasteiger partial charge is 0.420 e. The average molecular weight is 461 g/mol. The zero-order chi connectivity index (χ0) is 23.0. The molecule has 0 aliphatic carbocycles. The van der Waals surface area contributed by atoms with Gasteiger partial charge in [0.25, 0.3) is 0 Å². The smallest absolute Gasteiger partial charge is 0.322 e. The van der Waals surface area contributed by atoms with Crippen molar-refractivity contribution in [3.8, 4) is 0 Å². The topological polar surface area (TPSA) is 50.3 Å². The molecule has 1 aromatic heterocycles. The monoisotopic (exact) mass is 460 g/mol. The number of nitrogens with one attached hydrogen (secondary N) is 1. The number of alkyl halides is 3. The molecule has 2 aromatic rings. The van der Waals surface area contributed by atoms with Crippen molar-refractivity contribution in [3.63, 3.8) is 0 Å². The highest BCUT2D eigenvalue weighted by Gasteiger charge is 2.34. The molecule has 2 heterocycles. The van der Waals surface area contributed by atoms with E-state index in [0.717, 1.165) is 37.1 Å². The van der Waals surface area contributed by atoms with Gasteiger partial charge in [-0.1, -0.05) is 11.6 Å². The number of benzene rings is 1. The van der Waals surface area contributed by atoms with Crippen molar-refractivity contribution in [2.45, 2.75) is 58.2 Å². The number of rotatable bonds is 4. The number of hydrogen-bond acceptors (Lipinski definition) is 5. The molecular weight excluding hydrogens is 436 g/mol. The fraction of sp³-hybridized carbons (Fsp3) is 0.524. The lowest BCUT2D eigenvalue weighted by Gasteiger charge is -2.36. The summed E-state index contributed by atoms with van der Waals surface area (Å²) in [5.41, 5.74) is 0.451. The Morgan fingerprint density at radius 3 is 2.35 bits per heavy atom. The quantitative estimate of drug-likeness (QED) is 0.431. The van der Waals surface area contributed by atoms with Gasteiger partial charge in [-0.15, -0.1) is 0 Å². The molecule has 5 nitrogen and oxygen atoms in total. The summed E-state index contributed by atoms with van der Waals surface area (Å²) in [4.78, 5) is 13.1. The first-order chi connectivity index (χ1) is 14.3. The minimum absolute atomic E-state index is 0.0746. The van der Waals surface area contributed by atoms with Crippen LogP contribution < -0.4 is 5.32 Å². The van der Waals surface area contributed by atoms with Gasteiger partial charge in [-0.25, -0.2) is 14.4 Å². The number of anilines is 2. The van der Waals surface area contributed by atoms with Crippen LogP contribution in [0.3, 0.4) is 0 Å². The maximum absolute atomic E-state index is 14.8. The van der Waals surface area contributed by atoms with E-state index in [1.807, 2.05) is 32.8 Å². The van der Waals surface area contributed by atoms with Crippen LogP contribution in [0.25, 0.3) is 0 Å². The zero-order valence-corrected chi connectivity index (χ0v) is 18.5. The van der Waals surface area contributed by atoms with Crippen molar-refractivity contribution >= 4 is 23.2 Å². The van der Waals surface area contributed by atoms with Gasteiger partial charge in [-0.05, 0) is 69.7 Å². The van der Waals surface area contributed by atoms with Gasteiger partial charge in [0.15, 0.2) is 0 Å². The van der Waals surface area contributed by atoms with Crippen LogP contribution in [-0.4, -0.2) is 33.7 Å². The van der Waals surface area contributed by atoms with E-state index in [4.69, 9.17) is 16.4 Å². The van der Waals surface area contributed by atoms with E-state index in [1.54, 1.807) is 6.07 Å². The van der Waals surface area contributed by atoms with Gasteiger partial charge in [0, 0.05) is 19.3 Å². The van der Waals surface area contributed by atoms with Gasteiger partial charge < -0.3 is 5.32 Å². The molecule has 1 aliphatic rings. The second kappa shape index (κ2) is 8.88. The van der Waals surface area contributed by atoms with Crippen LogP contribution in [-0.2, 0) is 11.0 Å². The molecule has 0 bridgehead atoms. The predicted molar refractivity (Wildman–Crippen MR) is 111 cm³/mol. The molecule has 3 rings (SSSR count). The molecule has 0 radical (unpaired) electrons. The van der Waals surface area contributed by atoms with Crippen molar-refractivity contribution in [1.82, 2.24) is 15.0 Å². The minimum atomic E-state index is -4.66. The first-order valence-corrected chi connectivity index (χ1v) is 10.3. The number of halogens is 5. The summed E-state index contributed by atoms with van der Waals surface area (Å²) in [5.74, 6) is -0.551. The molecule has 1 N–H and O–H groups in total. The molecule has 1 aromatic carbocycles. The molecule has 0 atom stereocenters. The molecule has 0 saturated carbocycles. The molecule has 10 heteroatoms. The Kier molecular flexibility index (Phi) is 6.78. The number of hydrogen-bond donors (Lipinski definition) is 1. The van der Waals surface area contributed by atoms with E-state index < -0.39 is 22.7 Å². The third-order valence-electron chi connectivity index (χ3n) is 4.95. The van der Waals surface area contributed by atoms with Gasteiger partial charge in [-0.3, -0.25) is 4.84 Å². The SMILES string of the molecule is Cc1cc(Nc2ncc(C(F)(F)F)c(Cl)n2)c(F)cc1C1CCN(OC(C)(C)C)CC1. The second-order valence-electron chi connectivity index (χ2n) is 8.62. The average Bonchev–Trinajstić information content (AvgIpc) is 2.63. The van der Waals surface area contributed by atoms with Crippen molar-refractivity contribution in [3.05, 3.63) is 46.0 Å². The van der Waals surface area contributed by atoms with E-state index >= 15 is 0 Å². The number of aromatic nitrogens is 2. The van der Waals surface area contributed by atoms with Crippen LogP contribution in [0.15, 0.2) is 18.3 Å². The Balaban J connectivity index is 1.72. The highest BCUT2D eigenvalue weighted by Crippen LogP contribution is 2.36. The summed E-state index contributed by atoms with van der Waals surface area (Å²) in [7, 11) is 0. The number of nitrogens with zero attached hydrogens (tertiary/aromatic N) is 3. The third kappa shape index (κ3) is 6.05. The Labute approximate surface area is 183 Å². The zero-order valence-electron chi connectivity index (χ0n) is 17.8. The number of hydroxylamine groups is 2. The number of aryl methyl sites for hydroxylation is 1. The molecule has 1 aliphatic heterocycles. The van der Waals surface area contributed by atoms with Gasteiger partial charge in [0.1, 0.15) is 16.5 Å². The fourth-order valence-corrected chi connectivity index (χ4v) is 3.85. The Hall–Kier alpha value is -1.97. The fourth-order valence-electron chi connectivity index (χ4n) is 3.61. The van der Waals surface area contributed by atoms with Crippen LogP contribution in [0.1, 0.15) is 56.2 Å². The van der Waals surface area contributed by atoms with E-state index in [2.05, 4.69) is 15.3 Å². The lowest BCUT2D eigenvalue weighted by Crippen LogP contribution is -2.39. The molecule has 0 amide bonds. The molecule has 1 fully saturated rings. The van der Waals surface area contributed by atoms with Crippen LogP contribution in [0, 0.1) is 12.7 Å². The highest BCUT2D eigenvalue weighted by atomic mass is 35.5. The van der Waals surface area contributed by atoms with Crippen molar-refractivity contribution in [2.24, 2.45) is 0 Å².